The lowest BCUT2D eigenvalue weighted by Gasteiger charge is -2.23. The van der Waals surface area contributed by atoms with Crippen LogP contribution in [0.1, 0.15) is 96.8 Å². The third-order valence-electron chi connectivity index (χ3n) is 4.71. The van der Waals surface area contributed by atoms with E-state index in [4.69, 9.17) is 4.74 Å². The molecule has 0 saturated heterocycles. The summed E-state index contributed by atoms with van der Waals surface area (Å²) in [4.78, 5) is 0. The molecule has 0 amide bonds. The molecule has 0 unspecified atom stereocenters. The number of nitrogens with zero attached hydrogens (tertiary/aromatic N) is 1. The fourth-order valence-electron chi connectivity index (χ4n) is 2.89. The fourth-order valence-corrected chi connectivity index (χ4v) is 2.89. The van der Waals surface area contributed by atoms with Crippen molar-refractivity contribution in [3.05, 3.63) is 12.2 Å². The Morgan fingerprint density at radius 3 is 1.60 bits per heavy atom. The molecule has 0 aromatic rings. The average Bonchev–Trinajstić information content (AvgIpc) is 2.56. The average molecular weight is 355 g/mol. The summed E-state index contributed by atoms with van der Waals surface area (Å²) in [5, 5.41) is 0. The number of ether oxygens (including phenoxy) is 1. The van der Waals surface area contributed by atoms with Gasteiger partial charge in [0, 0.05) is 6.61 Å². The summed E-state index contributed by atoms with van der Waals surface area (Å²) in [6.07, 6.45) is 23.9. The van der Waals surface area contributed by atoms with E-state index in [1.54, 1.807) is 0 Å². The molecule has 0 aromatic heterocycles. The maximum atomic E-state index is 5.70. The van der Waals surface area contributed by atoms with E-state index in [2.05, 4.69) is 40.2 Å². The summed E-state index contributed by atoms with van der Waals surface area (Å²) in [6, 6.07) is 0. The third-order valence-corrected chi connectivity index (χ3v) is 4.71. The van der Waals surface area contributed by atoms with Gasteiger partial charge in [0.25, 0.3) is 0 Å². The second kappa shape index (κ2) is 18.5. The summed E-state index contributed by atoms with van der Waals surface area (Å²) in [5.41, 5.74) is 0. The molecule has 0 heterocycles. The minimum absolute atomic E-state index is 0.897. The Morgan fingerprint density at radius 1 is 0.600 bits per heavy atom. The molecule has 0 bridgehead atoms. The molecule has 0 saturated carbocycles. The normalized spacial score (nSPS) is 12.3. The third kappa shape index (κ3) is 23.7. The quantitative estimate of drug-likeness (QED) is 0.142. The molecule has 0 spiro atoms. The molecule has 0 radical (unpaired) electrons. The number of likely N-dealkylation sites (N-methyl/N-ethyl adjacent to an activating group) is 1. The van der Waals surface area contributed by atoms with E-state index in [-0.39, 0.29) is 0 Å². The lowest BCUT2D eigenvalue weighted by Crippen LogP contribution is -2.37. The van der Waals surface area contributed by atoms with Crippen LogP contribution in [0.25, 0.3) is 0 Å². The van der Waals surface area contributed by atoms with Gasteiger partial charge in [-0.1, -0.05) is 76.9 Å². The van der Waals surface area contributed by atoms with Gasteiger partial charge in [0.05, 0.1) is 27.7 Å². The van der Waals surface area contributed by atoms with Crippen molar-refractivity contribution in [2.75, 3.05) is 40.9 Å². The van der Waals surface area contributed by atoms with Crippen LogP contribution < -0.4 is 0 Å². The lowest BCUT2D eigenvalue weighted by molar-refractivity contribution is -0.870. The van der Waals surface area contributed by atoms with Crippen LogP contribution in [0.5, 0.6) is 0 Å². The van der Waals surface area contributed by atoms with E-state index in [0.717, 1.165) is 24.2 Å². The van der Waals surface area contributed by atoms with Gasteiger partial charge in [-0.25, -0.2) is 0 Å². The molecule has 0 atom stereocenters. The monoisotopic (exact) mass is 354 g/mol. The highest BCUT2D eigenvalue weighted by molar-refractivity contribution is 4.81. The van der Waals surface area contributed by atoms with Crippen molar-refractivity contribution in [3.8, 4) is 0 Å². The number of hydrogen-bond acceptors (Lipinski definition) is 1. The molecule has 0 rings (SSSR count). The van der Waals surface area contributed by atoms with Crippen molar-refractivity contribution >= 4 is 0 Å². The first kappa shape index (κ1) is 24.7. The first-order valence-corrected chi connectivity index (χ1v) is 11.1. The van der Waals surface area contributed by atoms with Crippen LogP contribution in [0.15, 0.2) is 12.2 Å². The zero-order valence-corrected chi connectivity index (χ0v) is 18.0. The molecule has 150 valence electrons. The highest BCUT2D eigenvalue weighted by Crippen LogP contribution is 2.10. The number of hydrogen-bond donors (Lipinski definition) is 0. The smallest absolute Gasteiger partial charge is 0.102 e. The summed E-state index contributed by atoms with van der Waals surface area (Å²) in [7, 11) is 6.65. The van der Waals surface area contributed by atoms with Crippen LogP contribution in [0.2, 0.25) is 0 Å². The van der Waals surface area contributed by atoms with Crippen LogP contribution in [-0.4, -0.2) is 45.4 Å². The molecule has 0 aromatic carbocycles. The van der Waals surface area contributed by atoms with Crippen molar-refractivity contribution in [2.45, 2.75) is 96.8 Å². The molecule has 0 aliphatic heterocycles. The maximum Gasteiger partial charge on any atom is 0.102 e. The van der Waals surface area contributed by atoms with Crippen molar-refractivity contribution in [1.29, 1.82) is 0 Å². The Morgan fingerprint density at radius 2 is 1.08 bits per heavy atom. The van der Waals surface area contributed by atoms with Crippen LogP contribution in [-0.2, 0) is 4.74 Å². The van der Waals surface area contributed by atoms with E-state index in [1.165, 1.54) is 89.9 Å². The minimum Gasteiger partial charge on any atom is -0.376 e. The van der Waals surface area contributed by atoms with Gasteiger partial charge in [0.2, 0.25) is 0 Å². The minimum atomic E-state index is 0.897. The Balaban J connectivity index is 3.10. The first-order chi connectivity index (χ1) is 12.1. The number of rotatable bonds is 19. The fraction of sp³-hybridized carbons (Fsp3) is 0.913. The van der Waals surface area contributed by atoms with Gasteiger partial charge < -0.3 is 9.22 Å². The van der Waals surface area contributed by atoms with Gasteiger partial charge >= 0.3 is 0 Å². The van der Waals surface area contributed by atoms with Gasteiger partial charge in [0.15, 0.2) is 0 Å². The summed E-state index contributed by atoms with van der Waals surface area (Å²) in [5.74, 6) is 0. The van der Waals surface area contributed by atoms with Crippen LogP contribution in [0, 0.1) is 0 Å². The molecule has 2 nitrogen and oxygen atoms in total. The van der Waals surface area contributed by atoms with Gasteiger partial charge in [0.1, 0.15) is 6.54 Å². The Hall–Kier alpha value is -0.340. The predicted octanol–water partition coefficient (Wildman–Crippen LogP) is 6.75. The van der Waals surface area contributed by atoms with Gasteiger partial charge in [-0.15, -0.1) is 0 Å². The summed E-state index contributed by atoms with van der Waals surface area (Å²) in [6.45, 7) is 5.23. The van der Waals surface area contributed by atoms with Gasteiger partial charge in [-0.2, -0.15) is 0 Å². The Bertz CT molecular complexity index is 280. The molecule has 0 N–H and O–H groups in total. The van der Waals surface area contributed by atoms with E-state index in [0.29, 0.717) is 0 Å². The van der Waals surface area contributed by atoms with E-state index < -0.39 is 0 Å². The van der Waals surface area contributed by atoms with Crippen LogP contribution in [0.3, 0.4) is 0 Å². The number of quaternary nitrogens is 1. The van der Waals surface area contributed by atoms with E-state index in [9.17, 15) is 0 Å². The van der Waals surface area contributed by atoms with Gasteiger partial charge in [-0.3, -0.25) is 0 Å². The molecule has 0 aliphatic carbocycles. The van der Waals surface area contributed by atoms with Crippen molar-refractivity contribution in [2.24, 2.45) is 0 Å². The van der Waals surface area contributed by atoms with Crippen molar-refractivity contribution in [3.63, 3.8) is 0 Å². The highest BCUT2D eigenvalue weighted by atomic mass is 16.5. The van der Waals surface area contributed by atoms with Crippen molar-refractivity contribution in [1.82, 2.24) is 0 Å². The summed E-state index contributed by atoms with van der Waals surface area (Å²) >= 11 is 0. The van der Waals surface area contributed by atoms with Crippen molar-refractivity contribution < 1.29 is 9.22 Å². The van der Waals surface area contributed by atoms with Gasteiger partial charge in [-0.05, 0) is 32.1 Å². The maximum absolute atomic E-state index is 5.70. The molecule has 25 heavy (non-hydrogen) atoms. The van der Waals surface area contributed by atoms with Crippen LogP contribution in [0.4, 0.5) is 0 Å². The van der Waals surface area contributed by atoms with Crippen LogP contribution >= 0.6 is 0 Å². The predicted molar refractivity (Wildman–Crippen MR) is 113 cm³/mol. The zero-order chi connectivity index (χ0) is 18.6. The van der Waals surface area contributed by atoms with E-state index in [1.807, 2.05) is 0 Å². The lowest BCUT2D eigenvalue weighted by atomic mass is 10.1. The molecule has 0 fully saturated rings. The summed E-state index contributed by atoms with van der Waals surface area (Å²) < 4.78 is 6.70. The standard InChI is InChI=1S/C23H48NO/c1-5-6-7-8-9-10-11-12-13-14-15-16-17-18-19-20-22-25-23-21-24(2,3)4/h12-13H,5-11,14-23H2,1-4H3/q+1/b13-12-. The Labute approximate surface area is 159 Å². The largest absolute Gasteiger partial charge is 0.376 e. The van der Waals surface area contributed by atoms with E-state index >= 15 is 0 Å². The molecule has 0 aliphatic rings. The second-order valence-corrected chi connectivity index (χ2v) is 8.56. The topological polar surface area (TPSA) is 9.23 Å². The first-order valence-electron chi connectivity index (χ1n) is 11.1. The zero-order valence-electron chi connectivity index (χ0n) is 18.0. The second-order valence-electron chi connectivity index (χ2n) is 8.56. The number of allylic oxidation sites excluding steroid dienone is 2. The molecular weight excluding hydrogens is 306 g/mol. The highest BCUT2D eigenvalue weighted by Gasteiger charge is 2.05. The Kier molecular flexibility index (Phi) is 18.2. The number of unbranched alkanes of at least 4 members (excludes halogenated alkanes) is 12. The molecule has 2 heteroatoms. The molecular formula is C23H48NO+. The SMILES string of the molecule is CCCCCCCC/C=C\CCCCCCCCOCC[N+](C)(C)C.